The Kier molecular flexibility index (Phi) is 9.31. The van der Waals surface area contributed by atoms with Crippen molar-refractivity contribution < 1.29 is 50.5 Å². The van der Waals surface area contributed by atoms with E-state index in [1.165, 1.54) is 19.1 Å². The van der Waals surface area contributed by atoms with Crippen LogP contribution in [0.15, 0.2) is 64.8 Å². The van der Waals surface area contributed by atoms with E-state index in [1.807, 2.05) is 6.92 Å². The van der Waals surface area contributed by atoms with Gasteiger partial charge in [-0.3, -0.25) is 9.63 Å². The number of carbonyl (C=O) groups is 2. The summed E-state index contributed by atoms with van der Waals surface area (Å²) in [6, 6.07) is 12.3. The maximum atomic E-state index is 13.5. The van der Waals surface area contributed by atoms with Crippen LogP contribution in [0.5, 0.6) is 0 Å². The molecule has 0 spiro atoms. The number of aryl methyl sites for hydroxylation is 1. The van der Waals surface area contributed by atoms with Crippen molar-refractivity contribution in [3.8, 4) is 16.9 Å². The Morgan fingerprint density at radius 3 is 2.39 bits per heavy atom. The van der Waals surface area contributed by atoms with Gasteiger partial charge < -0.3 is 14.7 Å². The molecule has 1 saturated heterocycles. The second-order valence-corrected chi connectivity index (χ2v) is 11.2. The molecule has 1 amide bonds. The molecule has 1 unspecified atom stereocenters. The zero-order valence-corrected chi connectivity index (χ0v) is 24.3. The van der Waals surface area contributed by atoms with Crippen LogP contribution in [-0.4, -0.2) is 65.7 Å². The van der Waals surface area contributed by atoms with Gasteiger partial charge in [-0.15, -0.1) is 5.01 Å². The Morgan fingerprint density at radius 1 is 1.16 bits per heavy atom. The largest absolute Gasteiger partial charge is 0.569 e. The quantitative estimate of drug-likeness (QED) is 0.112. The molecule has 4 rings (SSSR count). The van der Waals surface area contributed by atoms with Gasteiger partial charge in [0.05, 0.1) is 21.2 Å². The van der Waals surface area contributed by atoms with Gasteiger partial charge in [0.25, 0.3) is 16.3 Å². The van der Waals surface area contributed by atoms with Crippen LogP contribution in [0.2, 0.25) is 0 Å². The van der Waals surface area contributed by atoms with Gasteiger partial charge in [-0.25, -0.2) is 22.6 Å². The first-order chi connectivity index (χ1) is 20.7. The van der Waals surface area contributed by atoms with Crippen molar-refractivity contribution in [2.45, 2.75) is 50.7 Å². The SMILES string of the molecule is CCC(=O)OC(C)O/N=[N+](\[O-])N1CC(OC(=O)NS(=O)(=O)c2ccc(-n3nc(C(F)(F)F)cc3-c3ccc(C)cc3)cc2)C1. The fraction of sp³-hybridized carbons (Fsp3) is 0.346. The van der Waals surface area contributed by atoms with Crippen LogP contribution >= 0.6 is 0 Å². The summed E-state index contributed by atoms with van der Waals surface area (Å²) in [5, 5.41) is 19.9. The first-order valence-electron chi connectivity index (χ1n) is 13.0. The number of hydrogen-bond acceptors (Lipinski definition) is 10. The molecular formula is C26H27F3N6O8S. The van der Waals surface area contributed by atoms with E-state index >= 15 is 0 Å². The van der Waals surface area contributed by atoms with E-state index < -0.39 is 46.4 Å². The average molecular weight is 641 g/mol. The van der Waals surface area contributed by atoms with Crippen molar-refractivity contribution in [3.63, 3.8) is 0 Å². The number of carbonyl (C=O) groups excluding carboxylic acids is 2. The number of amides is 1. The number of nitrogens with zero attached hydrogens (tertiary/aromatic N) is 5. The second-order valence-electron chi connectivity index (χ2n) is 9.54. The molecule has 3 aromatic rings. The number of benzene rings is 2. The van der Waals surface area contributed by atoms with Crippen molar-refractivity contribution in [2.24, 2.45) is 5.28 Å². The number of alkyl halides is 3. The average Bonchev–Trinajstić information content (AvgIpc) is 3.40. The third-order valence-electron chi connectivity index (χ3n) is 6.15. The van der Waals surface area contributed by atoms with Gasteiger partial charge in [0.15, 0.2) is 5.69 Å². The van der Waals surface area contributed by atoms with Gasteiger partial charge in [0.2, 0.25) is 5.28 Å². The Morgan fingerprint density at radius 2 is 1.80 bits per heavy atom. The minimum Gasteiger partial charge on any atom is -0.569 e. The number of ether oxygens (including phenoxy) is 2. The van der Waals surface area contributed by atoms with Crippen molar-refractivity contribution in [1.29, 1.82) is 0 Å². The van der Waals surface area contributed by atoms with Gasteiger partial charge >= 0.3 is 18.2 Å². The van der Waals surface area contributed by atoms with E-state index in [4.69, 9.17) is 14.3 Å². The van der Waals surface area contributed by atoms with Crippen LogP contribution in [0.25, 0.3) is 16.9 Å². The fourth-order valence-corrected chi connectivity index (χ4v) is 4.72. The topological polar surface area (TPSA) is 167 Å². The number of hydrazine groups is 1. The highest BCUT2D eigenvalue weighted by Gasteiger charge is 2.38. The fourth-order valence-electron chi connectivity index (χ4n) is 3.84. The first-order valence-corrected chi connectivity index (χ1v) is 14.5. The second kappa shape index (κ2) is 12.8. The Labute approximate surface area is 249 Å². The number of sulfonamides is 1. The minimum absolute atomic E-state index is 0.0634. The standard InChI is InChI=1S/C26H27F3N6O8S/c1-4-24(36)41-17(3)43-32-35(38)33-14-20(15-33)42-25(37)31-44(39,40)21-11-9-19(10-12-21)34-22(13-23(30-34)26(27,28)29)18-7-5-16(2)6-8-18/h5-13,17,20H,4,14-15H2,1-3H3,(H,31,37)/b35-32-. The highest BCUT2D eigenvalue weighted by Crippen LogP contribution is 2.33. The highest BCUT2D eigenvalue weighted by molar-refractivity contribution is 7.90. The van der Waals surface area contributed by atoms with Crippen molar-refractivity contribution >= 4 is 22.1 Å². The van der Waals surface area contributed by atoms with Crippen molar-refractivity contribution in [1.82, 2.24) is 19.5 Å². The maximum absolute atomic E-state index is 13.5. The molecule has 1 fully saturated rings. The number of halogens is 3. The Hall–Kier alpha value is -4.87. The van der Waals surface area contributed by atoms with Crippen LogP contribution in [0, 0.1) is 12.1 Å². The summed E-state index contributed by atoms with van der Waals surface area (Å²) < 4.78 is 78.4. The lowest BCUT2D eigenvalue weighted by Gasteiger charge is -2.33. The zero-order chi connectivity index (χ0) is 32.2. The van der Waals surface area contributed by atoms with E-state index in [1.54, 1.807) is 35.9 Å². The number of hydrogen-bond donors (Lipinski definition) is 1. The van der Waals surface area contributed by atoms with Crippen LogP contribution in [0.4, 0.5) is 18.0 Å². The van der Waals surface area contributed by atoms with Crippen LogP contribution in [0.3, 0.4) is 0 Å². The molecular weight excluding hydrogens is 613 g/mol. The number of nitrogens with one attached hydrogen (secondary N) is 1. The normalized spacial score (nSPS) is 14.9. The van der Waals surface area contributed by atoms with Crippen LogP contribution in [0.1, 0.15) is 31.5 Å². The monoisotopic (exact) mass is 640 g/mol. The molecule has 1 atom stereocenters. The molecule has 0 saturated carbocycles. The molecule has 0 bridgehead atoms. The molecule has 0 radical (unpaired) electrons. The molecule has 14 nitrogen and oxygen atoms in total. The van der Waals surface area contributed by atoms with Crippen molar-refractivity contribution in [2.75, 3.05) is 13.1 Å². The van der Waals surface area contributed by atoms with E-state index in [2.05, 4.69) is 10.4 Å². The molecule has 236 valence electrons. The van der Waals surface area contributed by atoms with Crippen molar-refractivity contribution in [3.05, 3.63) is 71.1 Å². The molecule has 0 aliphatic carbocycles. The lowest BCUT2D eigenvalue weighted by molar-refractivity contribution is -0.728. The van der Waals surface area contributed by atoms with Crippen LogP contribution < -0.4 is 4.72 Å². The van der Waals surface area contributed by atoms with Gasteiger partial charge in [-0.1, -0.05) is 36.8 Å². The summed E-state index contributed by atoms with van der Waals surface area (Å²) in [6.07, 6.45) is -7.88. The van der Waals surface area contributed by atoms with Gasteiger partial charge in [-0.05, 0) is 37.3 Å². The number of esters is 1. The molecule has 18 heteroatoms. The predicted molar refractivity (Wildman–Crippen MR) is 144 cm³/mol. The van der Waals surface area contributed by atoms with E-state index in [0.29, 0.717) is 5.56 Å². The first kappa shape index (κ1) is 32.1. The third-order valence-corrected chi connectivity index (χ3v) is 7.48. The van der Waals surface area contributed by atoms with Crippen LogP contribution in [-0.2, 0) is 35.3 Å². The van der Waals surface area contributed by atoms with Gasteiger partial charge in [0.1, 0.15) is 19.2 Å². The lowest BCUT2D eigenvalue weighted by Crippen LogP contribution is -2.56. The molecule has 1 N–H and O–H groups in total. The summed E-state index contributed by atoms with van der Waals surface area (Å²) in [4.78, 5) is 27.9. The smallest absolute Gasteiger partial charge is 0.435 e. The molecule has 44 heavy (non-hydrogen) atoms. The predicted octanol–water partition coefficient (Wildman–Crippen LogP) is 4.07. The molecule has 1 aliphatic heterocycles. The summed E-state index contributed by atoms with van der Waals surface area (Å²) in [5.41, 5.74) is 0.512. The maximum Gasteiger partial charge on any atom is 0.435 e. The van der Waals surface area contributed by atoms with Gasteiger partial charge in [0, 0.05) is 18.9 Å². The zero-order valence-electron chi connectivity index (χ0n) is 23.5. The number of aromatic nitrogens is 2. The van der Waals surface area contributed by atoms with E-state index in [0.717, 1.165) is 33.5 Å². The summed E-state index contributed by atoms with van der Waals surface area (Å²) in [6.45, 7) is 4.50. The highest BCUT2D eigenvalue weighted by atomic mass is 32.2. The minimum atomic E-state index is -4.71. The molecule has 1 aromatic heterocycles. The molecule has 2 heterocycles. The van der Waals surface area contributed by atoms with E-state index in [-0.39, 0.29) is 40.8 Å². The summed E-state index contributed by atoms with van der Waals surface area (Å²) in [5.74, 6) is -0.552. The lowest BCUT2D eigenvalue weighted by atomic mass is 10.1. The molecule has 2 aromatic carbocycles. The Bertz CT molecular complexity index is 1640. The number of rotatable bonds is 10. The third kappa shape index (κ3) is 7.74. The molecule has 1 aliphatic rings. The van der Waals surface area contributed by atoms with Gasteiger partial charge in [-0.2, -0.15) is 18.3 Å². The van der Waals surface area contributed by atoms with E-state index in [9.17, 15) is 36.4 Å². The summed E-state index contributed by atoms with van der Waals surface area (Å²) in [7, 11) is -4.43. The Balaban J connectivity index is 1.37. The summed E-state index contributed by atoms with van der Waals surface area (Å²) >= 11 is 0.